The lowest BCUT2D eigenvalue weighted by Gasteiger charge is -2.28. The summed E-state index contributed by atoms with van der Waals surface area (Å²) in [4.78, 5) is 27.0. The van der Waals surface area contributed by atoms with Crippen LogP contribution in [0.2, 0.25) is 0 Å². The van der Waals surface area contributed by atoms with E-state index in [0.29, 0.717) is 22.8 Å². The summed E-state index contributed by atoms with van der Waals surface area (Å²) in [6, 6.07) is 6.76. The molecule has 2 heterocycles. The molecule has 29 heavy (non-hydrogen) atoms. The van der Waals surface area contributed by atoms with Crippen LogP contribution >= 0.6 is 0 Å². The molecule has 3 rings (SSSR count). The zero-order valence-corrected chi connectivity index (χ0v) is 17.9. The van der Waals surface area contributed by atoms with Crippen molar-refractivity contribution in [1.82, 2.24) is 14.1 Å². The van der Waals surface area contributed by atoms with Crippen molar-refractivity contribution in [3.05, 3.63) is 35.7 Å². The number of benzene rings is 1. The number of aryl methyl sites for hydroxylation is 1. The SMILES string of the molecule is Cc1nn(CC(=O)N2c3ccccc3NC(=O)C[C@H]2C)c(C)c1S(=O)(=O)N(C)C. The van der Waals surface area contributed by atoms with Crippen LogP contribution in [-0.2, 0) is 26.2 Å². The van der Waals surface area contributed by atoms with E-state index in [0.717, 1.165) is 4.31 Å². The van der Waals surface area contributed by atoms with Crippen LogP contribution in [0.25, 0.3) is 0 Å². The van der Waals surface area contributed by atoms with Crippen LogP contribution in [0, 0.1) is 13.8 Å². The first-order valence-corrected chi connectivity index (χ1v) is 10.7. The van der Waals surface area contributed by atoms with E-state index in [2.05, 4.69) is 10.4 Å². The molecule has 2 aromatic rings. The number of anilines is 2. The Morgan fingerprint density at radius 3 is 2.59 bits per heavy atom. The predicted octanol–water partition coefficient (Wildman–Crippen LogP) is 1.51. The molecule has 0 aliphatic carbocycles. The Hall–Kier alpha value is -2.72. The van der Waals surface area contributed by atoms with Gasteiger partial charge in [-0.25, -0.2) is 12.7 Å². The standard InChI is InChI=1S/C19H25N5O4S/c1-12-10-17(25)20-15-8-6-7-9-16(15)24(12)18(26)11-23-14(3)19(13(2)21-23)29(27,28)22(4)5/h6-9,12H,10-11H2,1-5H3,(H,20,25)/t12-/m1/s1. The number of nitrogens with zero attached hydrogens (tertiary/aromatic N) is 4. The van der Waals surface area contributed by atoms with Crippen LogP contribution in [-0.4, -0.2) is 54.5 Å². The van der Waals surface area contributed by atoms with E-state index >= 15 is 0 Å². The summed E-state index contributed by atoms with van der Waals surface area (Å²) in [7, 11) is -0.770. The van der Waals surface area contributed by atoms with Gasteiger partial charge in [-0.2, -0.15) is 5.10 Å². The monoisotopic (exact) mass is 419 g/mol. The van der Waals surface area contributed by atoms with E-state index < -0.39 is 10.0 Å². The maximum atomic E-state index is 13.2. The summed E-state index contributed by atoms with van der Waals surface area (Å²) in [5, 5.41) is 7.11. The number of carbonyl (C=O) groups excluding carboxylic acids is 2. The quantitative estimate of drug-likeness (QED) is 0.809. The van der Waals surface area contributed by atoms with Gasteiger partial charge in [0.25, 0.3) is 0 Å². The Bertz CT molecular complexity index is 1070. The zero-order chi connectivity index (χ0) is 21.5. The lowest BCUT2D eigenvalue weighted by Crippen LogP contribution is -2.41. The molecular weight excluding hydrogens is 394 g/mol. The van der Waals surface area contributed by atoms with Gasteiger partial charge in [0, 0.05) is 26.6 Å². The van der Waals surface area contributed by atoms with E-state index in [9.17, 15) is 18.0 Å². The van der Waals surface area contributed by atoms with Crippen LogP contribution in [0.1, 0.15) is 24.7 Å². The molecule has 1 aliphatic heterocycles. The molecule has 156 valence electrons. The third-order valence-electron chi connectivity index (χ3n) is 4.97. The lowest BCUT2D eigenvalue weighted by molar-refractivity contribution is -0.120. The Kier molecular flexibility index (Phi) is 5.50. The van der Waals surface area contributed by atoms with Gasteiger partial charge in [-0.3, -0.25) is 14.3 Å². The van der Waals surface area contributed by atoms with Gasteiger partial charge in [-0.05, 0) is 32.9 Å². The smallest absolute Gasteiger partial charge is 0.249 e. The van der Waals surface area contributed by atoms with E-state index in [1.54, 1.807) is 43.0 Å². The number of para-hydroxylation sites is 2. The summed E-state index contributed by atoms with van der Waals surface area (Å²) in [5.74, 6) is -0.438. The highest BCUT2D eigenvalue weighted by Gasteiger charge is 2.32. The largest absolute Gasteiger partial charge is 0.324 e. The molecule has 9 nitrogen and oxygen atoms in total. The Balaban J connectivity index is 1.98. The van der Waals surface area contributed by atoms with Crippen molar-refractivity contribution in [2.75, 3.05) is 24.3 Å². The number of hydrogen-bond acceptors (Lipinski definition) is 5. The molecule has 10 heteroatoms. The average Bonchev–Trinajstić information content (AvgIpc) is 2.82. The van der Waals surface area contributed by atoms with Gasteiger partial charge in [-0.1, -0.05) is 12.1 Å². The molecule has 1 aromatic carbocycles. The average molecular weight is 420 g/mol. The molecule has 1 atom stereocenters. The maximum Gasteiger partial charge on any atom is 0.249 e. The van der Waals surface area contributed by atoms with Crippen LogP contribution in [0.15, 0.2) is 29.2 Å². The second-order valence-corrected chi connectivity index (χ2v) is 9.42. The summed E-state index contributed by atoms with van der Waals surface area (Å²) in [6.07, 6.45) is 0.164. The highest BCUT2D eigenvalue weighted by molar-refractivity contribution is 7.89. The first-order valence-electron chi connectivity index (χ1n) is 9.21. The molecule has 0 saturated carbocycles. The number of nitrogens with one attached hydrogen (secondary N) is 1. The van der Waals surface area contributed by atoms with Gasteiger partial charge in [-0.15, -0.1) is 0 Å². The number of hydrogen-bond donors (Lipinski definition) is 1. The number of amides is 2. The Morgan fingerprint density at radius 2 is 1.93 bits per heavy atom. The molecule has 0 bridgehead atoms. The molecule has 1 aliphatic rings. The van der Waals surface area contributed by atoms with Crippen molar-refractivity contribution < 1.29 is 18.0 Å². The normalized spacial score (nSPS) is 17.1. The van der Waals surface area contributed by atoms with Gasteiger partial charge in [0.1, 0.15) is 11.4 Å². The Labute approximate surface area is 170 Å². The molecular formula is C19H25N5O4S. The molecule has 0 spiro atoms. The van der Waals surface area contributed by atoms with E-state index in [1.165, 1.54) is 18.8 Å². The summed E-state index contributed by atoms with van der Waals surface area (Å²) in [6.45, 7) is 4.91. The van der Waals surface area contributed by atoms with E-state index in [-0.39, 0.29) is 35.7 Å². The first-order chi connectivity index (χ1) is 13.5. The number of aromatic nitrogens is 2. The van der Waals surface area contributed by atoms with Crippen LogP contribution < -0.4 is 10.2 Å². The topological polar surface area (TPSA) is 105 Å². The van der Waals surface area contributed by atoms with Gasteiger partial charge >= 0.3 is 0 Å². The van der Waals surface area contributed by atoms with Gasteiger partial charge in [0.2, 0.25) is 21.8 Å². The molecule has 0 unspecified atom stereocenters. The minimum absolute atomic E-state index is 0.108. The van der Waals surface area contributed by atoms with Crippen LogP contribution in [0.4, 0.5) is 11.4 Å². The molecule has 0 fully saturated rings. The maximum absolute atomic E-state index is 13.2. The predicted molar refractivity (Wildman–Crippen MR) is 109 cm³/mol. The zero-order valence-electron chi connectivity index (χ0n) is 17.1. The van der Waals surface area contributed by atoms with Crippen LogP contribution in [0.3, 0.4) is 0 Å². The van der Waals surface area contributed by atoms with Crippen LogP contribution in [0.5, 0.6) is 0 Å². The molecule has 0 radical (unpaired) electrons. The van der Waals surface area contributed by atoms with Crippen molar-refractivity contribution in [1.29, 1.82) is 0 Å². The second kappa shape index (κ2) is 7.60. The summed E-state index contributed by atoms with van der Waals surface area (Å²) >= 11 is 0. The molecule has 0 saturated heterocycles. The summed E-state index contributed by atoms with van der Waals surface area (Å²) < 4.78 is 27.7. The lowest BCUT2D eigenvalue weighted by atomic mass is 10.1. The number of carbonyl (C=O) groups is 2. The molecule has 2 amide bonds. The van der Waals surface area contributed by atoms with Crippen molar-refractivity contribution in [3.63, 3.8) is 0 Å². The third-order valence-corrected chi connectivity index (χ3v) is 7.03. The fraction of sp³-hybridized carbons (Fsp3) is 0.421. The van der Waals surface area contributed by atoms with Gasteiger partial charge in [0.05, 0.1) is 22.8 Å². The van der Waals surface area contributed by atoms with Gasteiger partial charge in [0.15, 0.2) is 0 Å². The number of sulfonamides is 1. The van der Waals surface area contributed by atoms with E-state index in [1.807, 2.05) is 6.92 Å². The van der Waals surface area contributed by atoms with Crippen molar-refractivity contribution in [2.45, 2.75) is 44.7 Å². The fourth-order valence-corrected chi connectivity index (χ4v) is 4.82. The van der Waals surface area contributed by atoms with Crippen molar-refractivity contribution in [3.8, 4) is 0 Å². The highest BCUT2D eigenvalue weighted by Crippen LogP contribution is 2.31. The van der Waals surface area contributed by atoms with Crippen molar-refractivity contribution >= 4 is 33.2 Å². The summed E-state index contributed by atoms with van der Waals surface area (Å²) in [5.41, 5.74) is 1.91. The van der Waals surface area contributed by atoms with Gasteiger partial charge < -0.3 is 10.2 Å². The first kappa shape index (κ1) is 21.0. The highest BCUT2D eigenvalue weighted by atomic mass is 32.2. The minimum Gasteiger partial charge on any atom is -0.324 e. The number of rotatable bonds is 4. The number of fused-ring (bicyclic) bond motifs is 1. The fourth-order valence-electron chi connectivity index (χ4n) is 3.56. The minimum atomic E-state index is -3.68. The molecule has 1 N–H and O–H groups in total. The second-order valence-electron chi connectivity index (χ2n) is 7.33. The van der Waals surface area contributed by atoms with Crippen molar-refractivity contribution in [2.24, 2.45) is 0 Å². The Morgan fingerprint density at radius 1 is 1.28 bits per heavy atom. The third kappa shape index (κ3) is 3.77. The van der Waals surface area contributed by atoms with E-state index in [4.69, 9.17) is 0 Å². The molecule has 1 aromatic heterocycles.